The maximum absolute atomic E-state index is 13.2. The molecule has 3 aromatic rings. The van der Waals surface area contributed by atoms with Crippen molar-refractivity contribution in [1.82, 2.24) is 0 Å². The zero-order valence-electron chi connectivity index (χ0n) is 11.8. The lowest BCUT2D eigenvalue weighted by Crippen LogP contribution is -1.91. The standard InChI is InChI=1S/C20H14BrF/c21-20(17-11-13-18(22)14-12-17)19(15-7-3-1-4-8-15)16-9-5-2-6-10-16/h1-14H. The molecule has 3 aromatic carbocycles. The summed E-state index contributed by atoms with van der Waals surface area (Å²) in [7, 11) is 0. The summed E-state index contributed by atoms with van der Waals surface area (Å²) in [6.07, 6.45) is 0. The van der Waals surface area contributed by atoms with Crippen LogP contribution in [0, 0.1) is 5.82 Å². The largest absolute Gasteiger partial charge is 0.207 e. The lowest BCUT2D eigenvalue weighted by molar-refractivity contribution is 0.628. The van der Waals surface area contributed by atoms with E-state index in [1.54, 1.807) is 12.1 Å². The molecular weight excluding hydrogens is 339 g/mol. The smallest absolute Gasteiger partial charge is 0.123 e. The molecule has 0 spiro atoms. The van der Waals surface area contributed by atoms with Gasteiger partial charge in [-0.3, -0.25) is 0 Å². The molecule has 0 radical (unpaired) electrons. The fraction of sp³-hybridized carbons (Fsp3) is 0. The summed E-state index contributed by atoms with van der Waals surface area (Å²) >= 11 is 3.71. The monoisotopic (exact) mass is 352 g/mol. The van der Waals surface area contributed by atoms with Crippen molar-refractivity contribution in [3.8, 4) is 0 Å². The normalized spacial score (nSPS) is 10.3. The SMILES string of the molecule is Fc1ccc(C(Br)=C(c2ccccc2)c2ccccc2)cc1. The second-order valence-corrected chi connectivity index (χ2v) is 5.72. The highest BCUT2D eigenvalue weighted by atomic mass is 79.9. The molecule has 0 amide bonds. The van der Waals surface area contributed by atoms with E-state index in [4.69, 9.17) is 0 Å². The summed E-state index contributed by atoms with van der Waals surface area (Å²) in [4.78, 5) is 0. The maximum atomic E-state index is 13.2. The molecule has 0 N–H and O–H groups in total. The molecule has 0 aliphatic heterocycles. The molecule has 0 fully saturated rings. The molecule has 22 heavy (non-hydrogen) atoms. The minimum atomic E-state index is -0.231. The first-order valence-corrected chi connectivity index (χ1v) is 7.81. The average Bonchev–Trinajstić information content (AvgIpc) is 2.57. The van der Waals surface area contributed by atoms with E-state index >= 15 is 0 Å². The third-order valence-corrected chi connectivity index (χ3v) is 4.30. The number of benzene rings is 3. The van der Waals surface area contributed by atoms with Gasteiger partial charge in [-0.15, -0.1) is 0 Å². The highest BCUT2D eigenvalue weighted by Gasteiger charge is 2.11. The van der Waals surface area contributed by atoms with Gasteiger partial charge < -0.3 is 0 Å². The van der Waals surface area contributed by atoms with Crippen LogP contribution in [0.2, 0.25) is 0 Å². The van der Waals surface area contributed by atoms with Gasteiger partial charge in [-0.2, -0.15) is 0 Å². The van der Waals surface area contributed by atoms with Crippen molar-refractivity contribution in [2.45, 2.75) is 0 Å². The Morgan fingerprint density at radius 3 is 1.50 bits per heavy atom. The molecule has 0 saturated heterocycles. The van der Waals surface area contributed by atoms with Crippen LogP contribution in [0.25, 0.3) is 10.1 Å². The van der Waals surface area contributed by atoms with E-state index in [1.165, 1.54) is 12.1 Å². The van der Waals surface area contributed by atoms with Gasteiger partial charge in [0.2, 0.25) is 0 Å². The first kappa shape index (κ1) is 14.7. The lowest BCUT2D eigenvalue weighted by Gasteiger charge is -2.12. The van der Waals surface area contributed by atoms with Crippen molar-refractivity contribution in [3.05, 3.63) is 107 Å². The van der Waals surface area contributed by atoms with Gasteiger partial charge in [-0.1, -0.05) is 72.8 Å². The molecule has 0 aliphatic carbocycles. The van der Waals surface area contributed by atoms with Gasteiger partial charge in [0.15, 0.2) is 0 Å². The third kappa shape index (κ3) is 3.18. The van der Waals surface area contributed by atoms with Gasteiger partial charge in [-0.05, 0) is 44.8 Å². The summed E-state index contributed by atoms with van der Waals surface area (Å²) in [5.41, 5.74) is 4.27. The Morgan fingerprint density at radius 2 is 1.05 bits per heavy atom. The predicted molar refractivity (Wildman–Crippen MR) is 94.1 cm³/mol. The molecule has 0 saturated carbocycles. The van der Waals surface area contributed by atoms with Crippen LogP contribution < -0.4 is 0 Å². The summed E-state index contributed by atoms with van der Waals surface area (Å²) in [6, 6.07) is 26.9. The number of halogens is 2. The summed E-state index contributed by atoms with van der Waals surface area (Å²) < 4.78 is 14.1. The molecule has 3 rings (SSSR count). The Morgan fingerprint density at radius 1 is 0.591 bits per heavy atom. The maximum Gasteiger partial charge on any atom is 0.123 e. The summed E-state index contributed by atoms with van der Waals surface area (Å²) in [5, 5.41) is 0. The Hall–Kier alpha value is -2.19. The van der Waals surface area contributed by atoms with Gasteiger partial charge in [0, 0.05) is 10.1 Å². The highest BCUT2D eigenvalue weighted by molar-refractivity contribution is 9.15. The van der Waals surface area contributed by atoms with E-state index in [1.807, 2.05) is 36.4 Å². The summed E-state index contributed by atoms with van der Waals surface area (Å²) in [5.74, 6) is -0.231. The minimum absolute atomic E-state index is 0.231. The van der Waals surface area contributed by atoms with Crippen LogP contribution in [-0.4, -0.2) is 0 Å². The topological polar surface area (TPSA) is 0 Å². The van der Waals surface area contributed by atoms with Crippen LogP contribution in [0.1, 0.15) is 16.7 Å². The van der Waals surface area contributed by atoms with Crippen molar-refractivity contribution in [2.75, 3.05) is 0 Å². The van der Waals surface area contributed by atoms with E-state index in [0.29, 0.717) is 0 Å². The Labute approximate surface area is 138 Å². The van der Waals surface area contributed by atoms with E-state index in [9.17, 15) is 4.39 Å². The Kier molecular flexibility index (Phi) is 4.50. The van der Waals surface area contributed by atoms with Crippen LogP contribution in [-0.2, 0) is 0 Å². The second kappa shape index (κ2) is 6.71. The zero-order valence-corrected chi connectivity index (χ0v) is 13.4. The quantitative estimate of drug-likeness (QED) is 0.497. The average molecular weight is 353 g/mol. The summed E-state index contributed by atoms with van der Waals surface area (Å²) in [6.45, 7) is 0. The lowest BCUT2D eigenvalue weighted by atomic mass is 9.96. The molecule has 0 bridgehead atoms. The van der Waals surface area contributed by atoms with Gasteiger partial charge in [-0.25, -0.2) is 4.39 Å². The van der Waals surface area contributed by atoms with Crippen LogP contribution in [0.15, 0.2) is 84.9 Å². The van der Waals surface area contributed by atoms with E-state index in [-0.39, 0.29) is 5.82 Å². The van der Waals surface area contributed by atoms with E-state index < -0.39 is 0 Å². The van der Waals surface area contributed by atoms with Crippen molar-refractivity contribution in [1.29, 1.82) is 0 Å². The second-order valence-electron chi connectivity index (χ2n) is 4.93. The van der Waals surface area contributed by atoms with Gasteiger partial charge in [0.1, 0.15) is 5.82 Å². The molecule has 0 heterocycles. The number of rotatable bonds is 3. The fourth-order valence-electron chi connectivity index (χ4n) is 2.37. The van der Waals surface area contributed by atoms with Crippen molar-refractivity contribution in [3.63, 3.8) is 0 Å². The van der Waals surface area contributed by atoms with E-state index in [0.717, 1.165) is 26.7 Å². The molecule has 0 atom stereocenters. The van der Waals surface area contributed by atoms with Gasteiger partial charge in [0.25, 0.3) is 0 Å². The molecule has 108 valence electrons. The first-order chi connectivity index (χ1) is 10.8. The van der Waals surface area contributed by atoms with Crippen LogP contribution in [0.3, 0.4) is 0 Å². The first-order valence-electron chi connectivity index (χ1n) is 7.02. The van der Waals surface area contributed by atoms with Gasteiger partial charge in [0.05, 0.1) is 0 Å². The number of hydrogen-bond acceptors (Lipinski definition) is 0. The molecule has 0 unspecified atom stereocenters. The van der Waals surface area contributed by atoms with E-state index in [2.05, 4.69) is 40.2 Å². The van der Waals surface area contributed by atoms with Crippen molar-refractivity contribution >= 4 is 26.0 Å². The van der Waals surface area contributed by atoms with Crippen LogP contribution >= 0.6 is 15.9 Å². The molecule has 2 heteroatoms. The van der Waals surface area contributed by atoms with Crippen molar-refractivity contribution < 1.29 is 4.39 Å². The Balaban J connectivity index is 2.21. The van der Waals surface area contributed by atoms with Crippen LogP contribution in [0.5, 0.6) is 0 Å². The number of hydrogen-bond donors (Lipinski definition) is 0. The Bertz CT molecular complexity index is 733. The third-order valence-electron chi connectivity index (χ3n) is 3.44. The predicted octanol–water partition coefficient (Wildman–Crippen LogP) is 6.14. The minimum Gasteiger partial charge on any atom is -0.207 e. The van der Waals surface area contributed by atoms with Crippen molar-refractivity contribution in [2.24, 2.45) is 0 Å². The fourth-order valence-corrected chi connectivity index (χ4v) is 3.09. The molecular formula is C20H14BrF. The molecule has 0 aromatic heterocycles. The highest BCUT2D eigenvalue weighted by Crippen LogP contribution is 2.35. The van der Waals surface area contributed by atoms with Gasteiger partial charge >= 0.3 is 0 Å². The van der Waals surface area contributed by atoms with Crippen LogP contribution in [0.4, 0.5) is 4.39 Å². The molecule has 0 nitrogen and oxygen atoms in total. The zero-order chi connectivity index (χ0) is 15.4. The molecule has 0 aliphatic rings.